The van der Waals surface area contributed by atoms with Crippen LogP contribution in [-0.4, -0.2) is 38.6 Å². The zero-order valence-corrected chi connectivity index (χ0v) is 13.0. The van der Waals surface area contributed by atoms with Crippen molar-refractivity contribution in [3.05, 3.63) is 47.8 Å². The molecule has 116 valence electrons. The molecular weight excluding hydrogens is 278 g/mol. The normalized spacial score (nSPS) is 17.7. The van der Waals surface area contributed by atoms with Crippen LogP contribution in [0.5, 0.6) is 0 Å². The first-order valence-electron chi connectivity index (χ1n) is 7.55. The van der Waals surface area contributed by atoms with Crippen LogP contribution in [0, 0.1) is 6.92 Å². The molecule has 1 N–H and O–H groups in total. The van der Waals surface area contributed by atoms with Crippen molar-refractivity contribution in [2.75, 3.05) is 13.1 Å². The molecule has 1 unspecified atom stereocenters. The molecule has 6 nitrogen and oxygen atoms in total. The number of urea groups is 1. The fraction of sp³-hybridized carbons (Fsp3) is 0.438. The Labute approximate surface area is 130 Å². The van der Waals surface area contributed by atoms with E-state index >= 15 is 0 Å². The number of nitrogens with zero attached hydrogens (tertiary/aromatic N) is 4. The highest BCUT2D eigenvalue weighted by molar-refractivity contribution is 5.74. The lowest BCUT2D eigenvalue weighted by molar-refractivity contribution is 0.207. The maximum absolute atomic E-state index is 12.3. The molecule has 1 aliphatic heterocycles. The number of rotatable bonds is 3. The van der Waals surface area contributed by atoms with Gasteiger partial charge >= 0.3 is 6.03 Å². The van der Waals surface area contributed by atoms with E-state index in [1.165, 1.54) is 0 Å². The lowest BCUT2D eigenvalue weighted by Gasteiger charge is -2.17. The minimum atomic E-state index is -0.0261. The molecule has 0 aliphatic carbocycles. The molecular formula is C16H21N5O. The smallest absolute Gasteiger partial charge is 0.317 e. The van der Waals surface area contributed by atoms with Gasteiger partial charge in [0.05, 0.1) is 12.2 Å². The molecule has 2 aromatic heterocycles. The molecule has 1 aliphatic rings. The van der Waals surface area contributed by atoms with Crippen molar-refractivity contribution in [3.63, 3.8) is 0 Å². The number of amides is 2. The lowest BCUT2D eigenvalue weighted by Crippen LogP contribution is -2.38. The summed E-state index contributed by atoms with van der Waals surface area (Å²) in [6, 6.07) is 3.88. The second-order valence-electron chi connectivity index (χ2n) is 5.75. The maximum atomic E-state index is 12.3. The Hall–Kier alpha value is -2.37. The minimum absolute atomic E-state index is 0.0261. The average Bonchev–Trinajstić information content (AvgIpc) is 3.14. The topological polar surface area (TPSA) is 63.1 Å². The number of nitrogens with one attached hydrogen (secondary N) is 1. The summed E-state index contributed by atoms with van der Waals surface area (Å²) in [5.74, 6) is 1.37. The second-order valence-corrected chi connectivity index (χ2v) is 5.75. The van der Waals surface area contributed by atoms with E-state index in [9.17, 15) is 4.79 Å². The van der Waals surface area contributed by atoms with Gasteiger partial charge in [0.15, 0.2) is 0 Å². The van der Waals surface area contributed by atoms with Gasteiger partial charge in [0.2, 0.25) is 0 Å². The highest BCUT2D eigenvalue weighted by atomic mass is 16.2. The Bertz CT molecular complexity index is 666. The zero-order valence-electron chi connectivity index (χ0n) is 13.0. The highest BCUT2D eigenvalue weighted by Crippen LogP contribution is 2.25. The molecule has 0 aromatic carbocycles. The Morgan fingerprint density at radius 2 is 2.27 bits per heavy atom. The Morgan fingerprint density at radius 1 is 1.41 bits per heavy atom. The van der Waals surface area contributed by atoms with Gasteiger partial charge in [-0.3, -0.25) is 4.98 Å². The van der Waals surface area contributed by atoms with Crippen molar-refractivity contribution >= 4 is 6.03 Å². The van der Waals surface area contributed by atoms with Crippen LogP contribution in [0.2, 0.25) is 0 Å². The monoisotopic (exact) mass is 299 g/mol. The van der Waals surface area contributed by atoms with E-state index in [4.69, 9.17) is 0 Å². The summed E-state index contributed by atoms with van der Waals surface area (Å²) in [5.41, 5.74) is 2.01. The van der Waals surface area contributed by atoms with Gasteiger partial charge in [0.25, 0.3) is 0 Å². The van der Waals surface area contributed by atoms with Gasteiger partial charge in [0, 0.05) is 44.6 Å². The molecule has 0 spiro atoms. The van der Waals surface area contributed by atoms with Crippen molar-refractivity contribution < 1.29 is 4.79 Å². The van der Waals surface area contributed by atoms with E-state index in [1.807, 2.05) is 48.0 Å². The standard InChI is InChI=1S/C16H21N5O/c1-12-4-3-6-17-14(12)10-19-16(22)21-8-5-13(11-21)15-18-7-9-20(15)2/h3-4,6-7,9,13H,5,8,10-11H2,1-2H3,(H,19,22). The minimum Gasteiger partial charge on any atom is -0.338 e. The van der Waals surface area contributed by atoms with Gasteiger partial charge in [-0.2, -0.15) is 0 Å². The van der Waals surface area contributed by atoms with Crippen molar-refractivity contribution in [2.45, 2.75) is 25.8 Å². The summed E-state index contributed by atoms with van der Waals surface area (Å²) in [7, 11) is 1.99. The van der Waals surface area contributed by atoms with E-state index in [0.29, 0.717) is 12.5 Å². The number of imidazole rings is 1. The van der Waals surface area contributed by atoms with Crippen LogP contribution in [-0.2, 0) is 13.6 Å². The molecule has 0 radical (unpaired) electrons. The van der Waals surface area contributed by atoms with Crippen LogP contribution in [0.1, 0.15) is 29.4 Å². The highest BCUT2D eigenvalue weighted by Gasteiger charge is 2.29. The number of hydrogen-bond acceptors (Lipinski definition) is 3. The number of hydrogen-bond donors (Lipinski definition) is 1. The molecule has 2 amide bonds. The molecule has 2 aromatic rings. The van der Waals surface area contributed by atoms with Crippen molar-refractivity contribution in [2.24, 2.45) is 7.05 Å². The van der Waals surface area contributed by atoms with Crippen LogP contribution in [0.4, 0.5) is 4.79 Å². The molecule has 6 heteroatoms. The third-order valence-electron chi connectivity index (χ3n) is 4.22. The molecule has 22 heavy (non-hydrogen) atoms. The van der Waals surface area contributed by atoms with E-state index < -0.39 is 0 Å². The number of aryl methyl sites for hydroxylation is 2. The zero-order chi connectivity index (χ0) is 15.5. The van der Waals surface area contributed by atoms with Gasteiger partial charge in [-0.05, 0) is 25.0 Å². The van der Waals surface area contributed by atoms with Crippen molar-refractivity contribution in [1.29, 1.82) is 0 Å². The van der Waals surface area contributed by atoms with Crippen LogP contribution in [0.25, 0.3) is 0 Å². The van der Waals surface area contributed by atoms with E-state index in [2.05, 4.69) is 15.3 Å². The summed E-state index contributed by atoms with van der Waals surface area (Å²) in [6.45, 7) is 3.96. The fourth-order valence-corrected chi connectivity index (χ4v) is 2.90. The van der Waals surface area contributed by atoms with E-state index in [1.54, 1.807) is 6.20 Å². The molecule has 1 saturated heterocycles. The fourth-order valence-electron chi connectivity index (χ4n) is 2.90. The number of carbonyl (C=O) groups is 1. The quantitative estimate of drug-likeness (QED) is 0.940. The van der Waals surface area contributed by atoms with Crippen LogP contribution >= 0.6 is 0 Å². The first-order chi connectivity index (χ1) is 10.6. The predicted octanol–water partition coefficient (Wildman–Crippen LogP) is 1.82. The SMILES string of the molecule is Cc1cccnc1CNC(=O)N1CCC(c2nccn2C)C1. The molecule has 3 heterocycles. The van der Waals surface area contributed by atoms with Gasteiger partial charge in [0.1, 0.15) is 5.82 Å². The van der Waals surface area contributed by atoms with Crippen LogP contribution < -0.4 is 5.32 Å². The number of carbonyl (C=O) groups excluding carboxylic acids is 1. The predicted molar refractivity (Wildman–Crippen MR) is 83.3 cm³/mol. The van der Waals surface area contributed by atoms with Gasteiger partial charge in [-0.25, -0.2) is 9.78 Å². The van der Waals surface area contributed by atoms with Gasteiger partial charge in [-0.15, -0.1) is 0 Å². The largest absolute Gasteiger partial charge is 0.338 e. The first kappa shape index (κ1) is 14.6. The number of pyridine rings is 1. The molecule has 0 bridgehead atoms. The first-order valence-corrected chi connectivity index (χ1v) is 7.55. The molecule has 3 rings (SSSR count). The van der Waals surface area contributed by atoms with Crippen molar-refractivity contribution in [3.8, 4) is 0 Å². The third kappa shape index (κ3) is 2.95. The van der Waals surface area contributed by atoms with Crippen LogP contribution in [0.15, 0.2) is 30.7 Å². The van der Waals surface area contributed by atoms with Gasteiger partial charge < -0.3 is 14.8 Å². The lowest BCUT2D eigenvalue weighted by atomic mass is 10.1. The molecule has 1 atom stereocenters. The summed E-state index contributed by atoms with van der Waals surface area (Å²) in [5, 5.41) is 2.96. The van der Waals surface area contributed by atoms with Gasteiger partial charge in [-0.1, -0.05) is 6.07 Å². The summed E-state index contributed by atoms with van der Waals surface area (Å²) >= 11 is 0. The number of likely N-dealkylation sites (tertiary alicyclic amines) is 1. The average molecular weight is 299 g/mol. The Morgan fingerprint density at radius 3 is 3.00 bits per heavy atom. The Kier molecular flexibility index (Phi) is 4.09. The molecule has 1 fully saturated rings. The molecule has 0 saturated carbocycles. The Balaban J connectivity index is 1.56. The second kappa shape index (κ2) is 6.17. The summed E-state index contributed by atoms with van der Waals surface area (Å²) in [4.78, 5) is 22.8. The summed E-state index contributed by atoms with van der Waals surface area (Å²) in [6.07, 6.45) is 6.46. The third-order valence-corrected chi connectivity index (χ3v) is 4.22. The summed E-state index contributed by atoms with van der Waals surface area (Å²) < 4.78 is 2.03. The number of aromatic nitrogens is 3. The van der Waals surface area contributed by atoms with Crippen LogP contribution in [0.3, 0.4) is 0 Å². The van der Waals surface area contributed by atoms with Crippen molar-refractivity contribution in [1.82, 2.24) is 24.8 Å². The van der Waals surface area contributed by atoms with E-state index in [-0.39, 0.29) is 6.03 Å². The van der Waals surface area contributed by atoms with E-state index in [0.717, 1.165) is 36.6 Å². The maximum Gasteiger partial charge on any atom is 0.317 e.